The zero-order valence-electron chi connectivity index (χ0n) is 16.6. The van der Waals surface area contributed by atoms with Crippen LogP contribution in [0.25, 0.3) is 0 Å². The van der Waals surface area contributed by atoms with Gasteiger partial charge in [0.25, 0.3) is 0 Å². The van der Waals surface area contributed by atoms with Gasteiger partial charge in [-0.25, -0.2) is 0 Å². The number of hydrogen-bond acceptors (Lipinski definition) is 3. The van der Waals surface area contributed by atoms with Gasteiger partial charge in [-0.15, -0.1) is 0 Å². The Morgan fingerprint density at radius 2 is 1.58 bits per heavy atom. The Labute approximate surface area is 149 Å². The predicted octanol–water partition coefficient (Wildman–Crippen LogP) is 5.44. The first kappa shape index (κ1) is 22.9. The Morgan fingerprint density at radius 3 is 2.12 bits per heavy atom. The third kappa shape index (κ3) is 12.3. The standard InChI is InChI=1S/C21H38O3/c1-16(2)20(15-21(23)24-6)14-13-18(4)10-7-9-17(3)11-8-12-19(5)22/h10-11,16,19-20,22H,7-9,12-15H2,1-6H3/b17-11+,18-10+/t19?,20-/m1/s1. The van der Waals surface area contributed by atoms with E-state index in [0.717, 1.165) is 38.5 Å². The average Bonchev–Trinajstić information content (AvgIpc) is 2.50. The summed E-state index contributed by atoms with van der Waals surface area (Å²) in [5, 5.41) is 9.26. The van der Waals surface area contributed by atoms with Crippen LogP contribution < -0.4 is 0 Å². The summed E-state index contributed by atoms with van der Waals surface area (Å²) in [7, 11) is 1.46. The third-order valence-corrected chi connectivity index (χ3v) is 4.62. The Bertz CT molecular complexity index is 405. The number of rotatable bonds is 12. The minimum Gasteiger partial charge on any atom is -0.469 e. The summed E-state index contributed by atoms with van der Waals surface area (Å²) in [5.41, 5.74) is 2.80. The molecule has 3 heteroatoms. The fourth-order valence-electron chi connectivity index (χ4n) is 2.70. The number of carbonyl (C=O) groups excluding carboxylic acids is 1. The van der Waals surface area contributed by atoms with E-state index in [0.29, 0.717) is 18.3 Å². The molecule has 3 nitrogen and oxygen atoms in total. The van der Waals surface area contributed by atoms with Gasteiger partial charge in [0, 0.05) is 6.42 Å². The molecule has 2 atom stereocenters. The van der Waals surface area contributed by atoms with E-state index in [1.54, 1.807) is 0 Å². The molecule has 0 bridgehead atoms. The Kier molecular flexibility index (Phi) is 12.6. The molecule has 0 amide bonds. The topological polar surface area (TPSA) is 46.5 Å². The highest BCUT2D eigenvalue weighted by Gasteiger charge is 2.17. The van der Waals surface area contributed by atoms with Gasteiger partial charge in [-0.1, -0.05) is 37.1 Å². The molecule has 140 valence electrons. The van der Waals surface area contributed by atoms with Crippen molar-refractivity contribution in [3.05, 3.63) is 23.3 Å². The minimum atomic E-state index is -0.213. The molecule has 0 aliphatic heterocycles. The van der Waals surface area contributed by atoms with Crippen LogP contribution in [0.1, 0.15) is 79.6 Å². The molecule has 0 aliphatic carbocycles. The highest BCUT2D eigenvalue weighted by atomic mass is 16.5. The minimum absolute atomic E-state index is 0.103. The Morgan fingerprint density at radius 1 is 1.00 bits per heavy atom. The average molecular weight is 339 g/mol. The molecule has 0 rings (SSSR count). The van der Waals surface area contributed by atoms with Crippen LogP contribution in [0.4, 0.5) is 0 Å². The predicted molar refractivity (Wildman–Crippen MR) is 102 cm³/mol. The zero-order chi connectivity index (χ0) is 18.5. The van der Waals surface area contributed by atoms with E-state index >= 15 is 0 Å². The molecule has 1 unspecified atom stereocenters. The van der Waals surface area contributed by atoms with Gasteiger partial charge in [-0.05, 0) is 71.1 Å². The van der Waals surface area contributed by atoms with E-state index in [2.05, 4.69) is 39.8 Å². The van der Waals surface area contributed by atoms with Crippen molar-refractivity contribution in [2.75, 3.05) is 7.11 Å². The second-order valence-electron chi connectivity index (χ2n) is 7.39. The highest BCUT2D eigenvalue weighted by Crippen LogP contribution is 2.24. The number of aliphatic hydroxyl groups excluding tert-OH is 1. The van der Waals surface area contributed by atoms with Crippen molar-refractivity contribution < 1.29 is 14.6 Å². The Balaban J connectivity index is 4.18. The highest BCUT2D eigenvalue weighted by molar-refractivity contribution is 5.69. The monoisotopic (exact) mass is 338 g/mol. The normalized spacial score (nSPS) is 15.5. The van der Waals surface area contributed by atoms with Gasteiger partial charge < -0.3 is 9.84 Å². The largest absolute Gasteiger partial charge is 0.469 e. The molecule has 0 aromatic carbocycles. The van der Waals surface area contributed by atoms with Crippen LogP contribution >= 0.6 is 0 Å². The molecule has 0 fully saturated rings. The van der Waals surface area contributed by atoms with Gasteiger partial charge in [0.2, 0.25) is 0 Å². The van der Waals surface area contributed by atoms with Crippen LogP contribution in [0.5, 0.6) is 0 Å². The Hall–Kier alpha value is -1.09. The van der Waals surface area contributed by atoms with E-state index < -0.39 is 0 Å². The number of hydrogen-bond donors (Lipinski definition) is 1. The maximum atomic E-state index is 11.5. The van der Waals surface area contributed by atoms with E-state index in [4.69, 9.17) is 4.74 Å². The van der Waals surface area contributed by atoms with Crippen LogP contribution in [-0.2, 0) is 9.53 Å². The first-order chi connectivity index (χ1) is 11.3. The molecule has 0 spiro atoms. The third-order valence-electron chi connectivity index (χ3n) is 4.62. The molecular weight excluding hydrogens is 300 g/mol. The second kappa shape index (κ2) is 13.2. The summed E-state index contributed by atoms with van der Waals surface area (Å²) < 4.78 is 4.80. The van der Waals surface area contributed by atoms with Gasteiger partial charge >= 0.3 is 5.97 Å². The van der Waals surface area contributed by atoms with E-state index in [1.807, 2.05) is 6.92 Å². The molecular formula is C21H38O3. The first-order valence-electron chi connectivity index (χ1n) is 9.32. The molecule has 0 heterocycles. The summed E-state index contributed by atoms with van der Waals surface area (Å²) in [6.07, 6.45) is 10.9. The molecule has 0 radical (unpaired) electrons. The molecule has 0 aliphatic rings. The van der Waals surface area contributed by atoms with Crippen molar-refractivity contribution in [1.29, 1.82) is 0 Å². The lowest BCUT2D eigenvalue weighted by Crippen LogP contribution is -2.15. The maximum Gasteiger partial charge on any atom is 0.305 e. The van der Waals surface area contributed by atoms with Gasteiger partial charge in [0.15, 0.2) is 0 Å². The fraction of sp³-hybridized carbons (Fsp3) is 0.762. The summed E-state index contributed by atoms with van der Waals surface area (Å²) in [5.74, 6) is 0.784. The van der Waals surface area contributed by atoms with Gasteiger partial charge in [-0.2, -0.15) is 0 Å². The van der Waals surface area contributed by atoms with Crippen molar-refractivity contribution >= 4 is 5.97 Å². The smallest absolute Gasteiger partial charge is 0.305 e. The maximum absolute atomic E-state index is 11.5. The second-order valence-corrected chi connectivity index (χ2v) is 7.39. The van der Waals surface area contributed by atoms with Crippen molar-refractivity contribution in [2.24, 2.45) is 11.8 Å². The van der Waals surface area contributed by atoms with Crippen LogP contribution in [0, 0.1) is 11.8 Å². The van der Waals surface area contributed by atoms with E-state index in [-0.39, 0.29) is 12.1 Å². The number of aliphatic hydroxyl groups is 1. The molecule has 0 aromatic heterocycles. The molecule has 0 saturated heterocycles. The van der Waals surface area contributed by atoms with E-state index in [1.165, 1.54) is 18.3 Å². The van der Waals surface area contributed by atoms with Crippen molar-refractivity contribution in [2.45, 2.75) is 85.7 Å². The zero-order valence-corrected chi connectivity index (χ0v) is 16.6. The van der Waals surface area contributed by atoms with Crippen LogP contribution in [0.3, 0.4) is 0 Å². The van der Waals surface area contributed by atoms with Gasteiger partial charge in [-0.3, -0.25) is 4.79 Å². The molecule has 0 saturated carbocycles. The van der Waals surface area contributed by atoms with Crippen LogP contribution in [0.2, 0.25) is 0 Å². The number of methoxy groups -OCH3 is 1. The van der Waals surface area contributed by atoms with E-state index in [9.17, 15) is 9.90 Å². The molecule has 1 N–H and O–H groups in total. The first-order valence-corrected chi connectivity index (χ1v) is 9.32. The number of esters is 1. The van der Waals surface area contributed by atoms with Crippen molar-refractivity contribution in [3.63, 3.8) is 0 Å². The summed E-state index contributed by atoms with van der Waals surface area (Å²) in [6.45, 7) is 10.5. The molecule has 0 aromatic rings. The lowest BCUT2D eigenvalue weighted by atomic mass is 9.87. The lowest BCUT2D eigenvalue weighted by Gasteiger charge is -2.19. The lowest BCUT2D eigenvalue weighted by molar-refractivity contribution is -0.142. The SMILES string of the molecule is COC(=O)C[C@@H](CC/C(C)=C/CC/C(C)=C/CCC(C)O)C(C)C. The number of ether oxygens (including phenoxy) is 1. The van der Waals surface area contributed by atoms with Crippen molar-refractivity contribution in [1.82, 2.24) is 0 Å². The number of carbonyl (C=O) groups is 1. The van der Waals surface area contributed by atoms with Crippen LogP contribution in [-0.4, -0.2) is 24.3 Å². The summed E-state index contributed by atoms with van der Waals surface area (Å²) >= 11 is 0. The quantitative estimate of drug-likeness (QED) is 0.381. The summed E-state index contributed by atoms with van der Waals surface area (Å²) in [6, 6.07) is 0. The fourth-order valence-corrected chi connectivity index (χ4v) is 2.70. The summed E-state index contributed by atoms with van der Waals surface area (Å²) in [4.78, 5) is 11.5. The number of allylic oxidation sites excluding steroid dienone is 4. The van der Waals surface area contributed by atoms with Gasteiger partial charge in [0.05, 0.1) is 13.2 Å². The molecule has 24 heavy (non-hydrogen) atoms. The van der Waals surface area contributed by atoms with Crippen molar-refractivity contribution in [3.8, 4) is 0 Å². The van der Waals surface area contributed by atoms with Crippen LogP contribution in [0.15, 0.2) is 23.3 Å². The van der Waals surface area contributed by atoms with Gasteiger partial charge in [0.1, 0.15) is 0 Å².